The largest absolute Gasteiger partial charge is 0.452 e. The van der Waals surface area contributed by atoms with Crippen LogP contribution in [0, 0.1) is 16.0 Å². The fraction of sp³-hybridized carbons (Fsp3) is 0.619. The van der Waals surface area contributed by atoms with Crippen molar-refractivity contribution in [1.82, 2.24) is 4.90 Å². The molecule has 0 bridgehead atoms. The minimum Gasteiger partial charge on any atom is -0.452 e. The number of anilines is 1. The van der Waals surface area contributed by atoms with Crippen LogP contribution in [0.25, 0.3) is 0 Å². The Morgan fingerprint density at radius 2 is 1.86 bits per heavy atom. The van der Waals surface area contributed by atoms with Gasteiger partial charge >= 0.3 is 5.97 Å². The zero-order valence-corrected chi connectivity index (χ0v) is 17.1. The topological polar surface area (TPSA) is 93.0 Å². The van der Waals surface area contributed by atoms with Crippen LogP contribution in [0.1, 0.15) is 55.8 Å². The van der Waals surface area contributed by atoms with Gasteiger partial charge in [0.15, 0.2) is 6.61 Å². The number of benzene rings is 1. The van der Waals surface area contributed by atoms with Crippen LogP contribution in [0.4, 0.5) is 11.4 Å². The summed E-state index contributed by atoms with van der Waals surface area (Å²) in [5, 5.41) is 11.5. The molecule has 158 valence electrons. The molecule has 0 spiro atoms. The molecule has 1 saturated carbocycles. The van der Waals surface area contributed by atoms with E-state index in [1.807, 2.05) is 4.90 Å². The van der Waals surface area contributed by atoms with E-state index in [-0.39, 0.29) is 29.8 Å². The monoisotopic (exact) mass is 403 g/mol. The highest BCUT2D eigenvalue weighted by Gasteiger charge is 2.27. The van der Waals surface area contributed by atoms with E-state index in [2.05, 4.69) is 6.92 Å². The van der Waals surface area contributed by atoms with Crippen LogP contribution in [0.2, 0.25) is 0 Å². The molecule has 29 heavy (non-hydrogen) atoms. The Hall–Kier alpha value is -2.64. The number of nitrogens with zero attached hydrogens (tertiary/aromatic N) is 3. The standard InChI is InChI=1S/C21H29N3O5/c1-15-5-8-17(9-6-15)22(2)20(25)14-29-21(26)16-7-10-18(19(13-16)24(27)28)23-11-3-4-12-23/h7,10,13,15,17H,3-6,8-9,11-12,14H2,1-2H3. The lowest BCUT2D eigenvalue weighted by Gasteiger charge is -2.33. The van der Waals surface area contributed by atoms with Gasteiger partial charge in [-0.1, -0.05) is 6.92 Å². The molecule has 2 fully saturated rings. The molecule has 1 aliphatic carbocycles. The van der Waals surface area contributed by atoms with Crippen LogP contribution in [0.5, 0.6) is 0 Å². The zero-order valence-electron chi connectivity index (χ0n) is 17.1. The van der Waals surface area contributed by atoms with E-state index in [1.165, 1.54) is 12.1 Å². The quantitative estimate of drug-likeness (QED) is 0.411. The average Bonchev–Trinajstić information content (AvgIpc) is 3.26. The number of nitro benzene ring substituents is 1. The van der Waals surface area contributed by atoms with E-state index in [4.69, 9.17) is 4.74 Å². The number of ether oxygens (including phenoxy) is 1. The normalized spacial score (nSPS) is 21.7. The van der Waals surface area contributed by atoms with E-state index in [1.54, 1.807) is 18.0 Å². The highest BCUT2D eigenvalue weighted by molar-refractivity contribution is 5.93. The van der Waals surface area contributed by atoms with Crippen LogP contribution in [0.3, 0.4) is 0 Å². The maximum atomic E-state index is 12.4. The molecule has 1 amide bonds. The summed E-state index contributed by atoms with van der Waals surface area (Å²) in [6, 6.07) is 4.54. The first-order valence-corrected chi connectivity index (χ1v) is 10.3. The SMILES string of the molecule is CC1CCC(N(C)C(=O)COC(=O)c2ccc(N3CCCC3)c([N+](=O)[O-])c2)CC1. The lowest BCUT2D eigenvalue weighted by molar-refractivity contribution is -0.384. The van der Waals surface area contributed by atoms with Crippen molar-refractivity contribution >= 4 is 23.3 Å². The summed E-state index contributed by atoms with van der Waals surface area (Å²) in [6.07, 6.45) is 6.10. The number of carbonyl (C=O) groups excluding carboxylic acids is 2. The molecule has 0 unspecified atom stereocenters. The van der Waals surface area contributed by atoms with Gasteiger partial charge in [0.1, 0.15) is 5.69 Å². The molecule has 0 N–H and O–H groups in total. The summed E-state index contributed by atoms with van der Waals surface area (Å²) in [6.45, 7) is 3.40. The maximum absolute atomic E-state index is 12.4. The molecule has 1 aliphatic heterocycles. The van der Waals surface area contributed by atoms with Crippen LogP contribution < -0.4 is 4.90 Å². The second kappa shape index (κ2) is 9.24. The van der Waals surface area contributed by atoms with Crippen molar-refractivity contribution in [3.63, 3.8) is 0 Å². The summed E-state index contributed by atoms with van der Waals surface area (Å²) < 4.78 is 5.16. The number of esters is 1. The molecule has 1 aromatic carbocycles. The smallest absolute Gasteiger partial charge is 0.338 e. The Balaban J connectivity index is 1.60. The molecule has 0 aromatic heterocycles. The van der Waals surface area contributed by atoms with E-state index in [0.29, 0.717) is 11.6 Å². The van der Waals surface area contributed by atoms with Gasteiger partial charge < -0.3 is 14.5 Å². The summed E-state index contributed by atoms with van der Waals surface area (Å²) in [4.78, 5) is 39.4. The molecule has 0 atom stereocenters. The molecule has 1 heterocycles. The van der Waals surface area contributed by atoms with E-state index in [0.717, 1.165) is 51.6 Å². The molecule has 1 aromatic rings. The van der Waals surface area contributed by atoms with Gasteiger partial charge in [-0.15, -0.1) is 0 Å². The van der Waals surface area contributed by atoms with Gasteiger partial charge in [-0.05, 0) is 56.6 Å². The Bertz CT molecular complexity index is 768. The number of hydrogen-bond acceptors (Lipinski definition) is 6. The van der Waals surface area contributed by atoms with E-state index >= 15 is 0 Å². The van der Waals surface area contributed by atoms with Gasteiger partial charge in [-0.3, -0.25) is 14.9 Å². The summed E-state index contributed by atoms with van der Waals surface area (Å²) in [5.41, 5.74) is 0.495. The predicted molar refractivity (Wildman–Crippen MR) is 109 cm³/mol. The molecule has 8 nitrogen and oxygen atoms in total. The average molecular weight is 403 g/mol. The van der Waals surface area contributed by atoms with Gasteiger partial charge in [0, 0.05) is 32.2 Å². The highest BCUT2D eigenvalue weighted by Crippen LogP contribution is 2.32. The Kier molecular flexibility index (Phi) is 6.71. The third kappa shape index (κ3) is 5.05. The van der Waals surface area contributed by atoms with Crippen molar-refractivity contribution in [2.75, 3.05) is 31.6 Å². The van der Waals surface area contributed by atoms with Gasteiger partial charge in [0.25, 0.3) is 11.6 Å². The third-order valence-electron chi connectivity index (χ3n) is 6.11. The molecule has 1 saturated heterocycles. The second-order valence-corrected chi connectivity index (χ2v) is 8.15. The van der Waals surface area contributed by atoms with Crippen molar-refractivity contribution in [2.24, 2.45) is 5.92 Å². The highest BCUT2D eigenvalue weighted by atomic mass is 16.6. The van der Waals surface area contributed by atoms with Crippen molar-refractivity contribution in [1.29, 1.82) is 0 Å². The fourth-order valence-corrected chi connectivity index (χ4v) is 4.17. The summed E-state index contributed by atoms with van der Waals surface area (Å²) in [5.74, 6) is -0.284. The number of hydrogen-bond donors (Lipinski definition) is 0. The van der Waals surface area contributed by atoms with Crippen molar-refractivity contribution in [3.05, 3.63) is 33.9 Å². The molecule has 0 radical (unpaired) electrons. The first-order chi connectivity index (χ1) is 13.9. The maximum Gasteiger partial charge on any atom is 0.338 e. The van der Waals surface area contributed by atoms with Crippen molar-refractivity contribution in [2.45, 2.75) is 51.5 Å². The molecule has 2 aliphatic rings. The Morgan fingerprint density at radius 1 is 1.21 bits per heavy atom. The fourth-order valence-electron chi connectivity index (χ4n) is 4.17. The van der Waals surface area contributed by atoms with Crippen LogP contribution in [-0.2, 0) is 9.53 Å². The minimum atomic E-state index is -0.722. The molecule has 8 heteroatoms. The number of carbonyl (C=O) groups is 2. The predicted octanol–water partition coefficient (Wildman–Crippen LogP) is 3.39. The molecule has 3 rings (SSSR count). The van der Waals surface area contributed by atoms with Crippen molar-refractivity contribution < 1.29 is 19.2 Å². The van der Waals surface area contributed by atoms with Crippen molar-refractivity contribution in [3.8, 4) is 0 Å². The first kappa shape index (κ1) is 21.1. The Morgan fingerprint density at radius 3 is 2.48 bits per heavy atom. The lowest BCUT2D eigenvalue weighted by Crippen LogP contribution is -2.41. The van der Waals surface area contributed by atoms with Gasteiger partial charge in [0.2, 0.25) is 0 Å². The van der Waals surface area contributed by atoms with E-state index in [9.17, 15) is 19.7 Å². The van der Waals surface area contributed by atoms with Crippen LogP contribution >= 0.6 is 0 Å². The van der Waals surface area contributed by atoms with Crippen LogP contribution in [-0.4, -0.2) is 54.5 Å². The summed E-state index contributed by atoms with van der Waals surface area (Å²) >= 11 is 0. The summed E-state index contributed by atoms with van der Waals surface area (Å²) in [7, 11) is 1.74. The molecular formula is C21H29N3O5. The third-order valence-corrected chi connectivity index (χ3v) is 6.11. The number of nitro groups is 1. The number of likely N-dealkylation sites (N-methyl/N-ethyl adjacent to an activating group) is 1. The lowest BCUT2D eigenvalue weighted by atomic mass is 9.87. The van der Waals surface area contributed by atoms with Gasteiger partial charge in [0.05, 0.1) is 10.5 Å². The van der Waals surface area contributed by atoms with E-state index < -0.39 is 10.9 Å². The minimum absolute atomic E-state index is 0.0848. The first-order valence-electron chi connectivity index (χ1n) is 10.3. The second-order valence-electron chi connectivity index (χ2n) is 8.15. The van der Waals surface area contributed by atoms with Gasteiger partial charge in [-0.2, -0.15) is 0 Å². The van der Waals surface area contributed by atoms with Crippen LogP contribution in [0.15, 0.2) is 18.2 Å². The number of amides is 1. The number of rotatable bonds is 6. The molecular weight excluding hydrogens is 374 g/mol. The van der Waals surface area contributed by atoms with Gasteiger partial charge in [-0.25, -0.2) is 4.79 Å². The Labute approximate surface area is 171 Å². The zero-order chi connectivity index (χ0) is 21.0.